The molecular weight excluding hydrogens is 651 g/mol. The van der Waals surface area contributed by atoms with E-state index < -0.39 is 11.2 Å². The van der Waals surface area contributed by atoms with Gasteiger partial charge >= 0.3 is 12.2 Å². The lowest BCUT2D eigenvalue weighted by Crippen LogP contribution is -2.43. The standard InChI is InChI=1S/C43H53N5O4/c1-42(2,3)51-40(49)47-20-8-10-34(47)32-22-28(24-44-32)26-12-14-27(15-13-26)30-16-17-31(39-37-19-18-36(38(30)39)46(37)7)29-23-33(45-25-29)35-11-9-21-48(35)41(50)52-43(4,5)6/h12-17,24-25,34-37H,8-11,18-23H2,1-7H3/t34-,35-,36?,37?/m0/s1. The summed E-state index contributed by atoms with van der Waals surface area (Å²) in [6, 6.07) is 14.4. The molecule has 0 radical (unpaired) electrons. The molecule has 9 heteroatoms. The van der Waals surface area contributed by atoms with Crippen LogP contribution >= 0.6 is 0 Å². The van der Waals surface area contributed by atoms with Crippen LogP contribution in [0, 0.1) is 0 Å². The number of amides is 2. The van der Waals surface area contributed by atoms with Crippen LogP contribution in [0.1, 0.15) is 127 Å². The van der Waals surface area contributed by atoms with Gasteiger partial charge in [0.05, 0.1) is 12.1 Å². The first-order valence-corrected chi connectivity index (χ1v) is 19.3. The third-order valence-electron chi connectivity index (χ3n) is 11.6. The highest BCUT2D eigenvalue weighted by Gasteiger charge is 2.45. The number of hydrogen-bond acceptors (Lipinski definition) is 7. The van der Waals surface area contributed by atoms with E-state index in [1.54, 1.807) is 0 Å². The molecule has 2 aromatic rings. The van der Waals surface area contributed by atoms with E-state index in [2.05, 4.69) is 54.5 Å². The lowest BCUT2D eigenvalue weighted by molar-refractivity contribution is 0.0254. The summed E-state index contributed by atoms with van der Waals surface area (Å²) < 4.78 is 11.5. The van der Waals surface area contributed by atoms with E-state index >= 15 is 0 Å². The molecule has 4 atom stereocenters. The van der Waals surface area contributed by atoms with Crippen LogP contribution in [0.5, 0.6) is 0 Å². The topological polar surface area (TPSA) is 87.0 Å². The molecular formula is C43H53N5O4. The average molecular weight is 704 g/mol. The first-order chi connectivity index (χ1) is 24.8. The van der Waals surface area contributed by atoms with Crippen LogP contribution in [0.3, 0.4) is 0 Å². The van der Waals surface area contributed by atoms with Gasteiger partial charge in [-0.3, -0.25) is 24.7 Å². The summed E-state index contributed by atoms with van der Waals surface area (Å²) in [5.41, 5.74) is 11.5. The fourth-order valence-corrected chi connectivity index (χ4v) is 9.33. The van der Waals surface area contributed by atoms with E-state index in [9.17, 15) is 9.59 Å². The summed E-state index contributed by atoms with van der Waals surface area (Å²) in [5, 5.41) is 0. The minimum Gasteiger partial charge on any atom is -0.444 e. The van der Waals surface area contributed by atoms with Crippen molar-refractivity contribution in [1.29, 1.82) is 0 Å². The molecule has 2 unspecified atom stereocenters. The zero-order valence-corrected chi connectivity index (χ0v) is 31.9. The van der Waals surface area contributed by atoms with Gasteiger partial charge in [0.2, 0.25) is 0 Å². The Morgan fingerprint density at radius 3 is 1.62 bits per heavy atom. The molecule has 2 aromatic carbocycles. The van der Waals surface area contributed by atoms with Crippen molar-refractivity contribution in [2.75, 3.05) is 20.1 Å². The minimum atomic E-state index is -0.521. The second-order valence-electron chi connectivity index (χ2n) is 17.4. The van der Waals surface area contributed by atoms with Crippen molar-refractivity contribution in [2.24, 2.45) is 9.98 Å². The number of rotatable bonds is 5. The maximum Gasteiger partial charge on any atom is 0.410 e. The summed E-state index contributed by atoms with van der Waals surface area (Å²) >= 11 is 0. The summed E-state index contributed by atoms with van der Waals surface area (Å²) in [6.07, 6.45) is 11.2. The molecule has 2 bridgehead atoms. The van der Waals surface area contributed by atoms with E-state index in [4.69, 9.17) is 19.5 Å². The molecule has 0 aromatic heterocycles. The van der Waals surface area contributed by atoms with Gasteiger partial charge in [-0.25, -0.2) is 9.59 Å². The fraction of sp³-hybridized carbons (Fsp3) is 0.535. The van der Waals surface area contributed by atoms with Crippen molar-refractivity contribution >= 4 is 34.8 Å². The van der Waals surface area contributed by atoms with Gasteiger partial charge in [-0.1, -0.05) is 36.4 Å². The molecule has 3 fully saturated rings. The Labute approximate surface area is 308 Å². The van der Waals surface area contributed by atoms with Crippen LogP contribution in [-0.4, -0.2) is 81.7 Å². The third-order valence-corrected chi connectivity index (χ3v) is 11.6. The molecule has 9 nitrogen and oxygen atoms in total. The molecule has 0 aliphatic carbocycles. The van der Waals surface area contributed by atoms with E-state index in [0.717, 1.165) is 49.9 Å². The molecule has 274 valence electrons. The van der Waals surface area contributed by atoms with Gasteiger partial charge in [0.1, 0.15) is 11.2 Å². The van der Waals surface area contributed by atoms with Gasteiger partial charge in [0, 0.05) is 61.8 Å². The number of carbonyl (C=O) groups is 2. The Bertz CT molecular complexity index is 1910. The number of ether oxygens (including phenoxy) is 2. The largest absolute Gasteiger partial charge is 0.444 e. The zero-order chi connectivity index (χ0) is 36.5. The first kappa shape index (κ1) is 34.8. The van der Waals surface area contributed by atoms with Crippen molar-refractivity contribution in [3.8, 4) is 11.1 Å². The number of aliphatic imine (C=N–C) groups is 2. The molecule has 0 saturated carbocycles. The van der Waals surface area contributed by atoms with Crippen molar-refractivity contribution in [2.45, 2.75) is 128 Å². The smallest absolute Gasteiger partial charge is 0.410 e. The zero-order valence-electron chi connectivity index (χ0n) is 31.9. The van der Waals surface area contributed by atoms with Crippen LogP contribution in [0.4, 0.5) is 9.59 Å². The Balaban J connectivity index is 0.987. The summed E-state index contributed by atoms with van der Waals surface area (Å²) in [4.78, 5) is 42.1. The van der Waals surface area contributed by atoms with Gasteiger partial charge < -0.3 is 9.47 Å². The van der Waals surface area contributed by atoms with Gasteiger partial charge in [0.25, 0.3) is 0 Å². The second-order valence-corrected chi connectivity index (χ2v) is 17.4. The molecule has 52 heavy (non-hydrogen) atoms. The van der Waals surface area contributed by atoms with E-state index in [1.807, 2.05) is 57.5 Å². The molecule has 2 amide bonds. The molecule has 8 rings (SSSR count). The molecule has 0 spiro atoms. The number of likely N-dealkylation sites (tertiary alicyclic amines) is 2. The van der Waals surface area contributed by atoms with Crippen LogP contribution in [0.25, 0.3) is 22.3 Å². The van der Waals surface area contributed by atoms with E-state index in [-0.39, 0.29) is 24.3 Å². The number of benzene rings is 2. The highest BCUT2D eigenvalue weighted by Crippen LogP contribution is 2.57. The maximum absolute atomic E-state index is 13.1. The Morgan fingerprint density at radius 1 is 0.615 bits per heavy atom. The minimum absolute atomic E-state index is 0.00470. The van der Waals surface area contributed by atoms with Crippen molar-refractivity contribution in [3.63, 3.8) is 0 Å². The normalized spacial score (nSPS) is 25.7. The van der Waals surface area contributed by atoms with E-state index in [1.165, 1.54) is 57.4 Å². The highest BCUT2D eigenvalue weighted by molar-refractivity contribution is 6.04. The van der Waals surface area contributed by atoms with Gasteiger partial charge in [-0.15, -0.1) is 0 Å². The van der Waals surface area contributed by atoms with Gasteiger partial charge in [-0.2, -0.15) is 0 Å². The van der Waals surface area contributed by atoms with Crippen LogP contribution in [0.2, 0.25) is 0 Å². The van der Waals surface area contributed by atoms with Gasteiger partial charge in [-0.05, 0) is 132 Å². The average Bonchev–Trinajstić information content (AvgIpc) is 3.93. The predicted octanol–water partition coefficient (Wildman–Crippen LogP) is 9.35. The number of nitrogens with zero attached hydrogens (tertiary/aromatic N) is 5. The van der Waals surface area contributed by atoms with Crippen LogP contribution < -0.4 is 0 Å². The van der Waals surface area contributed by atoms with Crippen molar-refractivity contribution in [1.82, 2.24) is 14.7 Å². The number of hydrogen-bond donors (Lipinski definition) is 0. The Hall–Kier alpha value is -4.24. The fourth-order valence-electron chi connectivity index (χ4n) is 9.33. The number of allylic oxidation sites excluding steroid dienone is 2. The lowest BCUT2D eigenvalue weighted by Gasteiger charge is -2.29. The van der Waals surface area contributed by atoms with Crippen molar-refractivity contribution in [3.05, 3.63) is 71.1 Å². The highest BCUT2D eigenvalue weighted by atomic mass is 16.6. The molecule has 6 heterocycles. The molecule has 0 N–H and O–H groups in total. The van der Waals surface area contributed by atoms with Crippen molar-refractivity contribution < 1.29 is 19.1 Å². The van der Waals surface area contributed by atoms with E-state index in [0.29, 0.717) is 25.2 Å². The third kappa shape index (κ3) is 6.39. The number of carbonyl (C=O) groups excluding carboxylic acids is 2. The Kier molecular flexibility index (Phi) is 8.71. The molecule has 6 aliphatic rings. The molecule has 3 saturated heterocycles. The Morgan fingerprint density at radius 2 is 1.08 bits per heavy atom. The lowest BCUT2D eigenvalue weighted by atomic mass is 9.80. The quantitative estimate of drug-likeness (QED) is 0.310. The monoisotopic (exact) mass is 703 g/mol. The molecule has 6 aliphatic heterocycles. The maximum atomic E-state index is 13.1. The summed E-state index contributed by atoms with van der Waals surface area (Å²) in [5.74, 6) is 0. The predicted molar refractivity (Wildman–Crippen MR) is 206 cm³/mol. The second kappa shape index (κ2) is 13.0. The van der Waals surface area contributed by atoms with Crippen LogP contribution in [-0.2, 0) is 9.47 Å². The summed E-state index contributed by atoms with van der Waals surface area (Å²) in [6.45, 7) is 12.9. The summed E-state index contributed by atoms with van der Waals surface area (Å²) in [7, 11) is 2.28. The van der Waals surface area contributed by atoms with Crippen LogP contribution in [0.15, 0.2) is 58.8 Å². The SMILES string of the molecule is CN1C2CCC1c1c(-c3ccc(C4=CN=C([C@@H]5CCCN5C(=O)OC(C)(C)C)C4)cc3)ccc(C3=CN=C([C@@H]4CCCN4C(=O)OC(C)(C)C)C3)c12. The number of fused-ring (bicyclic) bond motifs is 5. The van der Waals surface area contributed by atoms with Gasteiger partial charge in [0.15, 0.2) is 0 Å². The first-order valence-electron chi connectivity index (χ1n) is 19.3.